The Morgan fingerprint density at radius 3 is 2.22 bits per heavy atom. The Bertz CT molecular complexity index is 1100. The third-order valence-corrected chi connectivity index (χ3v) is 6.64. The monoisotopic (exact) mass is 458 g/mol. The minimum absolute atomic E-state index is 0.0200. The van der Waals surface area contributed by atoms with Gasteiger partial charge in [-0.05, 0) is 61.4 Å². The van der Waals surface area contributed by atoms with E-state index in [1.165, 1.54) is 48.5 Å². The van der Waals surface area contributed by atoms with Gasteiger partial charge in [0.1, 0.15) is 5.82 Å². The fourth-order valence-corrected chi connectivity index (χ4v) is 4.41. The van der Waals surface area contributed by atoms with E-state index >= 15 is 0 Å². The van der Waals surface area contributed by atoms with E-state index in [1.807, 2.05) is 6.07 Å². The number of amides is 2. The summed E-state index contributed by atoms with van der Waals surface area (Å²) in [5, 5.41) is 11.4. The summed E-state index contributed by atoms with van der Waals surface area (Å²) in [5.74, 6) is -0.904. The maximum atomic E-state index is 13.0. The average molecular weight is 459 g/mol. The molecule has 1 saturated heterocycles. The number of nitriles is 1. The van der Waals surface area contributed by atoms with Crippen molar-refractivity contribution in [2.45, 2.75) is 30.2 Å². The molecule has 168 valence electrons. The maximum absolute atomic E-state index is 13.0. The van der Waals surface area contributed by atoms with Crippen LogP contribution in [0.4, 0.5) is 4.39 Å². The van der Waals surface area contributed by atoms with Crippen molar-refractivity contribution < 1.29 is 22.4 Å². The number of likely N-dealkylation sites (tertiary alicyclic amines) is 1. The van der Waals surface area contributed by atoms with Gasteiger partial charge in [-0.1, -0.05) is 0 Å². The predicted octanol–water partition coefficient (Wildman–Crippen LogP) is 2.05. The largest absolute Gasteiger partial charge is 0.349 e. The van der Waals surface area contributed by atoms with E-state index in [1.54, 1.807) is 4.90 Å². The Morgan fingerprint density at radius 2 is 1.62 bits per heavy atom. The number of piperidine rings is 1. The highest BCUT2D eigenvalue weighted by Gasteiger charge is 2.25. The fourth-order valence-electron chi connectivity index (χ4n) is 3.38. The lowest BCUT2D eigenvalue weighted by Gasteiger charge is -2.32. The van der Waals surface area contributed by atoms with Crippen molar-refractivity contribution in [2.24, 2.45) is 0 Å². The molecule has 0 atom stereocenters. The van der Waals surface area contributed by atoms with E-state index in [0.29, 0.717) is 37.1 Å². The summed E-state index contributed by atoms with van der Waals surface area (Å²) in [5.41, 5.74) is 0.747. The summed E-state index contributed by atoms with van der Waals surface area (Å²) in [6.07, 6.45) is 1.22. The number of nitrogens with one attached hydrogen (secondary N) is 2. The zero-order valence-corrected chi connectivity index (χ0v) is 18.1. The van der Waals surface area contributed by atoms with Crippen molar-refractivity contribution in [3.05, 3.63) is 65.5 Å². The standard InChI is InChI=1S/C22H23FN4O4S/c23-18-6-2-16(3-7-18)21(28)26-19-10-14-27(15-11-19)22(29)17-4-8-20(9-5-17)32(30,31)25-13-1-12-24/h2-9,19,25H,1,10-11,13-15H2,(H,26,28). The van der Waals surface area contributed by atoms with E-state index in [2.05, 4.69) is 10.0 Å². The quantitative estimate of drug-likeness (QED) is 0.616. The molecule has 1 heterocycles. The molecule has 1 aliphatic heterocycles. The first-order chi connectivity index (χ1) is 15.3. The molecule has 32 heavy (non-hydrogen) atoms. The van der Waals surface area contributed by atoms with Crippen molar-refractivity contribution in [3.63, 3.8) is 0 Å². The van der Waals surface area contributed by atoms with Crippen LogP contribution >= 0.6 is 0 Å². The molecular weight excluding hydrogens is 435 g/mol. The van der Waals surface area contributed by atoms with Gasteiger partial charge >= 0.3 is 0 Å². The molecule has 8 nitrogen and oxygen atoms in total. The number of nitrogens with zero attached hydrogens (tertiary/aromatic N) is 2. The van der Waals surface area contributed by atoms with Crippen LogP contribution in [0.2, 0.25) is 0 Å². The molecule has 2 N–H and O–H groups in total. The van der Waals surface area contributed by atoms with Crippen LogP contribution in [0, 0.1) is 17.1 Å². The second kappa shape index (κ2) is 10.3. The van der Waals surface area contributed by atoms with Crippen LogP contribution in [0.25, 0.3) is 0 Å². The molecule has 3 rings (SSSR count). The molecule has 0 aromatic heterocycles. The molecule has 1 fully saturated rings. The van der Waals surface area contributed by atoms with E-state index in [0.717, 1.165) is 0 Å². The molecule has 0 aliphatic carbocycles. The lowest BCUT2D eigenvalue weighted by Crippen LogP contribution is -2.46. The SMILES string of the molecule is N#CCCNS(=O)(=O)c1ccc(C(=O)N2CCC(NC(=O)c3ccc(F)cc3)CC2)cc1. The van der Waals surface area contributed by atoms with E-state index < -0.39 is 15.8 Å². The van der Waals surface area contributed by atoms with Crippen molar-refractivity contribution in [1.29, 1.82) is 5.26 Å². The lowest BCUT2D eigenvalue weighted by atomic mass is 10.0. The van der Waals surface area contributed by atoms with E-state index in [9.17, 15) is 22.4 Å². The molecule has 0 bridgehead atoms. The zero-order valence-electron chi connectivity index (χ0n) is 17.3. The van der Waals surface area contributed by atoms with Gasteiger partial charge < -0.3 is 10.2 Å². The van der Waals surface area contributed by atoms with E-state index in [4.69, 9.17) is 5.26 Å². The second-order valence-electron chi connectivity index (χ2n) is 7.38. The molecule has 10 heteroatoms. The highest BCUT2D eigenvalue weighted by atomic mass is 32.2. The number of hydrogen-bond donors (Lipinski definition) is 2. The maximum Gasteiger partial charge on any atom is 0.253 e. The van der Waals surface area contributed by atoms with Gasteiger partial charge in [-0.25, -0.2) is 17.5 Å². The van der Waals surface area contributed by atoms with E-state index in [-0.39, 0.29) is 35.7 Å². The Hall–Kier alpha value is -3.29. The van der Waals surface area contributed by atoms with Crippen LogP contribution in [-0.2, 0) is 10.0 Å². The fraction of sp³-hybridized carbons (Fsp3) is 0.318. The molecule has 2 aromatic rings. The predicted molar refractivity (Wildman–Crippen MR) is 115 cm³/mol. The smallest absolute Gasteiger partial charge is 0.253 e. The Labute approximate surface area is 186 Å². The molecular formula is C22H23FN4O4S. The zero-order chi connectivity index (χ0) is 23.1. The van der Waals surface area contributed by atoms with Crippen LogP contribution < -0.4 is 10.0 Å². The number of rotatable bonds is 7. The Morgan fingerprint density at radius 1 is 1.03 bits per heavy atom. The molecule has 0 radical (unpaired) electrons. The summed E-state index contributed by atoms with van der Waals surface area (Å²) in [6, 6.07) is 12.7. The summed E-state index contributed by atoms with van der Waals surface area (Å²) >= 11 is 0. The molecule has 0 spiro atoms. The number of carbonyl (C=O) groups excluding carboxylic acids is 2. The van der Waals surface area contributed by atoms with Gasteiger partial charge in [0.25, 0.3) is 11.8 Å². The van der Waals surface area contributed by atoms with Crippen LogP contribution in [0.15, 0.2) is 53.4 Å². The summed E-state index contributed by atoms with van der Waals surface area (Å²) in [6.45, 7) is 0.915. The first-order valence-corrected chi connectivity index (χ1v) is 11.6. The average Bonchev–Trinajstić information content (AvgIpc) is 2.80. The minimum atomic E-state index is -3.73. The van der Waals surface area contributed by atoms with Gasteiger partial charge in [0.2, 0.25) is 10.0 Å². The lowest BCUT2D eigenvalue weighted by molar-refractivity contribution is 0.0698. The molecule has 0 unspecified atom stereocenters. The first kappa shape index (κ1) is 23.4. The second-order valence-corrected chi connectivity index (χ2v) is 9.14. The third kappa shape index (κ3) is 5.90. The number of carbonyl (C=O) groups is 2. The number of hydrogen-bond acceptors (Lipinski definition) is 5. The molecule has 2 amide bonds. The highest BCUT2D eigenvalue weighted by molar-refractivity contribution is 7.89. The van der Waals surface area contributed by atoms with Gasteiger partial charge in [-0.3, -0.25) is 9.59 Å². The number of benzene rings is 2. The van der Waals surface area contributed by atoms with Gasteiger partial charge in [0.05, 0.1) is 11.0 Å². The van der Waals surface area contributed by atoms with Crippen LogP contribution in [-0.4, -0.2) is 50.8 Å². The minimum Gasteiger partial charge on any atom is -0.349 e. The van der Waals surface area contributed by atoms with Crippen molar-refractivity contribution in [3.8, 4) is 6.07 Å². The first-order valence-electron chi connectivity index (χ1n) is 10.1. The molecule has 0 saturated carbocycles. The van der Waals surface area contributed by atoms with Crippen molar-refractivity contribution in [2.75, 3.05) is 19.6 Å². The van der Waals surface area contributed by atoms with Crippen molar-refractivity contribution in [1.82, 2.24) is 14.9 Å². The summed E-state index contributed by atoms with van der Waals surface area (Å²) in [7, 11) is -3.73. The van der Waals surface area contributed by atoms with Crippen LogP contribution in [0.3, 0.4) is 0 Å². The van der Waals surface area contributed by atoms with Gasteiger partial charge in [0, 0.05) is 43.2 Å². The normalized spacial score (nSPS) is 14.6. The number of sulfonamides is 1. The van der Waals surface area contributed by atoms with Crippen LogP contribution in [0.5, 0.6) is 0 Å². The molecule has 1 aliphatic rings. The highest BCUT2D eigenvalue weighted by Crippen LogP contribution is 2.17. The number of halogens is 1. The Kier molecular flexibility index (Phi) is 7.56. The molecule has 2 aromatic carbocycles. The summed E-state index contributed by atoms with van der Waals surface area (Å²) < 4.78 is 39.7. The topological polar surface area (TPSA) is 119 Å². The van der Waals surface area contributed by atoms with Crippen molar-refractivity contribution >= 4 is 21.8 Å². The summed E-state index contributed by atoms with van der Waals surface area (Å²) in [4.78, 5) is 26.7. The van der Waals surface area contributed by atoms with Crippen LogP contribution in [0.1, 0.15) is 40.0 Å². The van der Waals surface area contributed by atoms with Gasteiger partial charge in [-0.2, -0.15) is 5.26 Å². The van der Waals surface area contributed by atoms with Gasteiger partial charge in [-0.15, -0.1) is 0 Å². The third-order valence-electron chi connectivity index (χ3n) is 5.16. The Balaban J connectivity index is 1.53. The van der Waals surface area contributed by atoms with Gasteiger partial charge in [0.15, 0.2) is 0 Å².